The number of benzene rings is 3. The van der Waals surface area contributed by atoms with E-state index in [-0.39, 0.29) is 39.3 Å². The van der Waals surface area contributed by atoms with Gasteiger partial charge in [0.2, 0.25) is 0 Å². The summed E-state index contributed by atoms with van der Waals surface area (Å²) in [5.41, 5.74) is 8.56. The third-order valence-electron chi connectivity index (χ3n) is 5.38. The first-order valence-corrected chi connectivity index (χ1v) is 10.4. The molecular weight excluding hydrogens is 444 g/mol. The highest BCUT2D eigenvalue weighted by molar-refractivity contribution is 6.34. The second kappa shape index (κ2) is 8.52. The Bertz CT molecular complexity index is 1340. The van der Waals surface area contributed by atoms with Crippen LogP contribution < -0.4 is 11.1 Å². The summed E-state index contributed by atoms with van der Waals surface area (Å²) in [7, 11) is 0. The number of hydrogen-bond acceptors (Lipinski definition) is 6. The van der Waals surface area contributed by atoms with Gasteiger partial charge in [-0.2, -0.15) is 0 Å². The topological polar surface area (TPSA) is 116 Å². The number of aryl methyl sites for hydroxylation is 2. The molecule has 1 aliphatic rings. The normalized spacial score (nSPS) is 12.1. The number of nitrogen functional groups attached to an aromatic ring is 1. The van der Waals surface area contributed by atoms with Crippen molar-refractivity contribution in [2.45, 2.75) is 13.8 Å². The van der Waals surface area contributed by atoms with Crippen molar-refractivity contribution in [1.82, 2.24) is 0 Å². The van der Waals surface area contributed by atoms with Gasteiger partial charge in [-0.15, -0.1) is 0 Å². The smallest absolute Gasteiger partial charge is 0.340 e. The molecule has 4 rings (SSSR count). The fraction of sp³-hybridized carbons (Fsp3) is 0.120. The third kappa shape index (κ3) is 3.99. The molecule has 0 spiro atoms. The van der Waals surface area contributed by atoms with Crippen LogP contribution in [0.2, 0.25) is 5.02 Å². The van der Waals surface area contributed by atoms with Gasteiger partial charge in [-0.1, -0.05) is 41.9 Å². The summed E-state index contributed by atoms with van der Waals surface area (Å²) >= 11 is 6.19. The van der Waals surface area contributed by atoms with Gasteiger partial charge in [0.1, 0.15) is 0 Å². The van der Waals surface area contributed by atoms with Gasteiger partial charge in [-0.3, -0.25) is 14.4 Å². The number of nitrogens with two attached hydrogens (primary N) is 1. The standard InChI is InChI=1S/C25H19ClN2O5/c1-12-9-13(2)22(18(26)10-12)28-19(29)11-33-25(32)17-8-7-16-20(21(17)27)24(31)15-6-4-3-5-14(15)23(16)30/h3-10H,11,27H2,1-2H3,(H,28,29). The number of esters is 1. The van der Waals surface area contributed by atoms with Gasteiger partial charge in [-0.05, 0) is 43.2 Å². The summed E-state index contributed by atoms with van der Waals surface area (Å²) < 4.78 is 5.10. The van der Waals surface area contributed by atoms with Crippen LogP contribution in [0.1, 0.15) is 53.3 Å². The number of ketones is 2. The fourth-order valence-corrected chi connectivity index (χ4v) is 4.22. The van der Waals surface area contributed by atoms with Crippen molar-refractivity contribution in [2.24, 2.45) is 0 Å². The van der Waals surface area contributed by atoms with Crippen LogP contribution in [0, 0.1) is 13.8 Å². The highest BCUT2D eigenvalue weighted by Crippen LogP contribution is 2.33. The van der Waals surface area contributed by atoms with Crippen molar-refractivity contribution in [3.8, 4) is 0 Å². The zero-order chi connectivity index (χ0) is 23.9. The lowest BCUT2D eigenvalue weighted by Crippen LogP contribution is -2.25. The van der Waals surface area contributed by atoms with Crippen LogP contribution in [-0.4, -0.2) is 30.0 Å². The van der Waals surface area contributed by atoms with Gasteiger partial charge in [0.05, 0.1) is 27.5 Å². The van der Waals surface area contributed by atoms with E-state index in [1.807, 2.05) is 13.0 Å². The molecule has 166 valence electrons. The maximum absolute atomic E-state index is 12.9. The van der Waals surface area contributed by atoms with Gasteiger partial charge < -0.3 is 15.8 Å². The maximum atomic E-state index is 12.9. The monoisotopic (exact) mass is 462 g/mol. The Morgan fingerprint density at radius 3 is 2.30 bits per heavy atom. The minimum Gasteiger partial charge on any atom is -0.452 e. The first kappa shape index (κ1) is 22.2. The minimum absolute atomic E-state index is 0.0420. The van der Waals surface area contributed by atoms with Gasteiger partial charge in [0.25, 0.3) is 5.91 Å². The number of carbonyl (C=O) groups is 4. The Labute approximate surface area is 194 Å². The maximum Gasteiger partial charge on any atom is 0.340 e. The number of amides is 1. The van der Waals surface area contributed by atoms with Crippen molar-refractivity contribution in [3.05, 3.63) is 92.5 Å². The molecule has 3 N–H and O–H groups in total. The van der Waals surface area contributed by atoms with Crippen LogP contribution in [0.5, 0.6) is 0 Å². The number of halogens is 1. The van der Waals surface area contributed by atoms with Crippen LogP contribution >= 0.6 is 11.6 Å². The first-order chi connectivity index (χ1) is 15.7. The lowest BCUT2D eigenvalue weighted by molar-refractivity contribution is -0.119. The average molecular weight is 463 g/mol. The molecule has 1 aliphatic carbocycles. The Kier molecular flexibility index (Phi) is 5.74. The Morgan fingerprint density at radius 1 is 0.970 bits per heavy atom. The molecule has 0 aliphatic heterocycles. The lowest BCUT2D eigenvalue weighted by Gasteiger charge is -2.20. The van der Waals surface area contributed by atoms with Crippen LogP contribution in [0.15, 0.2) is 48.5 Å². The van der Waals surface area contributed by atoms with E-state index >= 15 is 0 Å². The van der Waals surface area contributed by atoms with Gasteiger partial charge >= 0.3 is 5.97 Å². The van der Waals surface area contributed by atoms with E-state index in [0.717, 1.165) is 11.1 Å². The molecule has 1 amide bonds. The molecule has 3 aromatic rings. The van der Waals surface area contributed by atoms with E-state index in [2.05, 4.69) is 5.32 Å². The molecule has 0 atom stereocenters. The number of fused-ring (bicyclic) bond motifs is 2. The molecule has 0 aromatic heterocycles. The Morgan fingerprint density at radius 2 is 1.64 bits per heavy atom. The summed E-state index contributed by atoms with van der Waals surface area (Å²) in [5, 5.41) is 2.99. The zero-order valence-corrected chi connectivity index (χ0v) is 18.6. The largest absolute Gasteiger partial charge is 0.452 e. The second-order valence-corrected chi connectivity index (χ2v) is 8.12. The van der Waals surface area contributed by atoms with E-state index < -0.39 is 24.3 Å². The number of anilines is 2. The number of nitrogens with one attached hydrogen (secondary N) is 1. The summed E-state index contributed by atoms with van der Waals surface area (Å²) in [5.74, 6) is -2.28. The number of rotatable bonds is 4. The van der Waals surface area contributed by atoms with E-state index in [1.165, 1.54) is 18.2 Å². The van der Waals surface area contributed by atoms with E-state index in [9.17, 15) is 19.2 Å². The van der Waals surface area contributed by atoms with Crippen LogP contribution in [-0.2, 0) is 9.53 Å². The molecule has 0 fully saturated rings. The van der Waals surface area contributed by atoms with Crippen molar-refractivity contribution >= 4 is 46.4 Å². The van der Waals surface area contributed by atoms with Gasteiger partial charge in [0.15, 0.2) is 18.2 Å². The van der Waals surface area contributed by atoms with Gasteiger partial charge in [-0.25, -0.2) is 4.79 Å². The molecule has 33 heavy (non-hydrogen) atoms. The van der Waals surface area contributed by atoms with Crippen molar-refractivity contribution in [2.75, 3.05) is 17.7 Å². The van der Waals surface area contributed by atoms with Crippen LogP contribution in [0.4, 0.5) is 11.4 Å². The van der Waals surface area contributed by atoms with Crippen LogP contribution in [0.25, 0.3) is 0 Å². The van der Waals surface area contributed by atoms with Crippen LogP contribution in [0.3, 0.4) is 0 Å². The average Bonchev–Trinajstić information content (AvgIpc) is 2.78. The highest BCUT2D eigenvalue weighted by Gasteiger charge is 2.33. The summed E-state index contributed by atoms with van der Waals surface area (Å²) in [4.78, 5) is 50.6. The number of carbonyl (C=O) groups excluding carboxylic acids is 4. The van der Waals surface area contributed by atoms with Crippen molar-refractivity contribution < 1.29 is 23.9 Å². The number of ether oxygens (including phenoxy) is 1. The predicted molar refractivity (Wildman–Crippen MR) is 124 cm³/mol. The van der Waals surface area contributed by atoms with E-state index in [4.69, 9.17) is 22.1 Å². The SMILES string of the molecule is Cc1cc(C)c(NC(=O)COC(=O)c2ccc3c(c2N)C(=O)c2ccccc2C3=O)c(Cl)c1. The number of hydrogen-bond donors (Lipinski definition) is 2. The second-order valence-electron chi connectivity index (χ2n) is 7.72. The molecule has 0 saturated carbocycles. The lowest BCUT2D eigenvalue weighted by atomic mass is 9.82. The van der Waals surface area contributed by atoms with Crippen molar-refractivity contribution in [3.63, 3.8) is 0 Å². The predicted octanol–water partition coefficient (Wildman–Crippen LogP) is 4.11. The molecule has 0 bridgehead atoms. The molecule has 8 heteroatoms. The quantitative estimate of drug-likeness (QED) is 0.348. The highest BCUT2D eigenvalue weighted by atomic mass is 35.5. The Hall–Kier alpha value is -3.97. The Balaban J connectivity index is 1.53. The molecule has 0 unspecified atom stereocenters. The summed E-state index contributed by atoms with van der Waals surface area (Å²) in [6.45, 7) is 3.09. The molecule has 7 nitrogen and oxygen atoms in total. The minimum atomic E-state index is -0.892. The van der Waals surface area contributed by atoms with E-state index in [1.54, 1.807) is 31.2 Å². The van der Waals surface area contributed by atoms with E-state index in [0.29, 0.717) is 10.7 Å². The summed E-state index contributed by atoms with van der Waals surface area (Å²) in [6, 6.07) is 12.7. The molecule has 0 radical (unpaired) electrons. The van der Waals surface area contributed by atoms with Crippen molar-refractivity contribution in [1.29, 1.82) is 0 Å². The molecular formula is C25H19ClN2O5. The first-order valence-electron chi connectivity index (χ1n) is 10.0. The molecule has 3 aromatic carbocycles. The molecule has 0 heterocycles. The summed E-state index contributed by atoms with van der Waals surface area (Å²) in [6.07, 6.45) is 0. The fourth-order valence-electron chi connectivity index (χ4n) is 3.85. The zero-order valence-electron chi connectivity index (χ0n) is 17.8. The molecule has 0 saturated heterocycles. The third-order valence-corrected chi connectivity index (χ3v) is 5.68. The van der Waals surface area contributed by atoms with Gasteiger partial charge in [0, 0.05) is 16.7 Å².